The SMILES string of the molecule is Cc1cc(C(=O)NC(C(=O)CC(Cc2ccc(F)cc2)C(=O)NC(/C=C/C(=O)O)C[C@@H]2CCNC2=O)C(C)C)no1. The van der Waals surface area contributed by atoms with Gasteiger partial charge in [-0.05, 0) is 49.8 Å². The van der Waals surface area contributed by atoms with E-state index in [9.17, 15) is 28.4 Å². The van der Waals surface area contributed by atoms with Gasteiger partial charge in [-0.3, -0.25) is 19.2 Å². The van der Waals surface area contributed by atoms with Crippen LogP contribution in [0.5, 0.6) is 0 Å². The molecule has 3 amide bonds. The van der Waals surface area contributed by atoms with E-state index in [0.717, 1.165) is 6.08 Å². The Kier molecular flexibility index (Phi) is 10.9. The van der Waals surface area contributed by atoms with Crippen molar-refractivity contribution < 1.29 is 38.0 Å². The van der Waals surface area contributed by atoms with Crippen molar-refractivity contribution in [2.75, 3.05) is 6.54 Å². The fraction of sp³-hybridized carbons (Fsp3) is 0.448. The van der Waals surface area contributed by atoms with Gasteiger partial charge in [-0.25, -0.2) is 9.18 Å². The predicted octanol–water partition coefficient (Wildman–Crippen LogP) is 2.35. The highest BCUT2D eigenvalue weighted by molar-refractivity contribution is 5.97. The fourth-order valence-corrected chi connectivity index (χ4v) is 4.70. The first-order chi connectivity index (χ1) is 19.4. The molecule has 4 N–H and O–H groups in total. The molecule has 11 nitrogen and oxygen atoms in total. The number of hydrogen-bond acceptors (Lipinski definition) is 7. The maximum absolute atomic E-state index is 13.6. The van der Waals surface area contributed by atoms with Crippen LogP contribution >= 0.6 is 0 Å². The molecule has 2 aromatic rings. The summed E-state index contributed by atoms with van der Waals surface area (Å²) in [5.41, 5.74) is 0.626. The molecule has 2 heterocycles. The van der Waals surface area contributed by atoms with Gasteiger partial charge in [0.05, 0.1) is 6.04 Å². The van der Waals surface area contributed by atoms with Gasteiger partial charge in [0.1, 0.15) is 11.6 Å². The quantitative estimate of drug-likeness (QED) is 0.251. The summed E-state index contributed by atoms with van der Waals surface area (Å²) in [6, 6.07) is 5.25. The maximum atomic E-state index is 13.6. The number of ketones is 1. The molecule has 12 heteroatoms. The summed E-state index contributed by atoms with van der Waals surface area (Å²) in [6.07, 6.45) is 2.75. The average molecular weight is 571 g/mol. The monoisotopic (exact) mass is 570 g/mol. The van der Waals surface area contributed by atoms with Gasteiger partial charge in [-0.2, -0.15) is 0 Å². The number of benzene rings is 1. The molecule has 1 fully saturated rings. The molecule has 220 valence electrons. The van der Waals surface area contributed by atoms with Crippen LogP contribution in [0.4, 0.5) is 4.39 Å². The van der Waals surface area contributed by atoms with Crippen molar-refractivity contribution in [2.24, 2.45) is 17.8 Å². The van der Waals surface area contributed by atoms with Gasteiger partial charge in [0.25, 0.3) is 5.91 Å². The lowest BCUT2D eigenvalue weighted by molar-refractivity contribution is -0.131. The number of hydrogen-bond donors (Lipinski definition) is 4. The largest absolute Gasteiger partial charge is 0.478 e. The van der Waals surface area contributed by atoms with Gasteiger partial charge in [0.2, 0.25) is 11.8 Å². The summed E-state index contributed by atoms with van der Waals surface area (Å²) in [4.78, 5) is 63.1. The molecule has 0 radical (unpaired) electrons. The summed E-state index contributed by atoms with van der Waals surface area (Å²) in [6.45, 7) is 5.63. The van der Waals surface area contributed by atoms with Crippen molar-refractivity contribution in [3.8, 4) is 0 Å². The fourth-order valence-electron chi connectivity index (χ4n) is 4.70. The minimum atomic E-state index is -1.21. The summed E-state index contributed by atoms with van der Waals surface area (Å²) in [5, 5.41) is 21.0. The van der Waals surface area contributed by atoms with E-state index < -0.39 is 53.3 Å². The topological polar surface area (TPSA) is 168 Å². The molecular formula is C29H35FN4O7. The zero-order valence-electron chi connectivity index (χ0n) is 23.2. The lowest BCUT2D eigenvalue weighted by atomic mass is 9.87. The lowest BCUT2D eigenvalue weighted by Crippen LogP contribution is -2.47. The second kappa shape index (κ2) is 14.3. The molecule has 41 heavy (non-hydrogen) atoms. The molecule has 1 saturated heterocycles. The molecule has 0 saturated carbocycles. The average Bonchev–Trinajstić information content (AvgIpc) is 3.53. The van der Waals surface area contributed by atoms with Gasteiger partial charge < -0.3 is 25.6 Å². The van der Waals surface area contributed by atoms with Gasteiger partial charge in [-0.15, -0.1) is 0 Å². The highest BCUT2D eigenvalue weighted by Gasteiger charge is 2.32. The zero-order chi connectivity index (χ0) is 30.1. The highest BCUT2D eigenvalue weighted by atomic mass is 19.1. The number of aromatic nitrogens is 1. The number of carbonyl (C=O) groups is 5. The van der Waals surface area contributed by atoms with Crippen LogP contribution in [-0.4, -0.2) is 58.4 Å². The molecule has 1 aliphatic rings. The predicted molar refractivity (Wildman–Crippen MR) is 145 cm³/mol. The van der Waals surface area contributed by atoms with Crippen molar-refractivity contribution in [3.05, 3.63) is 65.3 Å². The minimum Gasteiger partial charge on any atom is -0.478 e. The number of aryl methyl sites for hydroxylation is 1. The molecule has 1 aromatic carbocycles. The van der Waals surface area contributed by atoms with E-state index in [0.29, 0.717) is 24.3 Å². The van der Waals surface area contributed by atoms with Gasteiger partial charge in [-0.1, -0.05) is 37.2 Å². The second-order valence-electron chi connectivity index (χ2n) is 10.5. The normalized spacial score (nSPS) is 17.2. The number of aliphatic carboxylic acids is 1. The third-order valence-corrected chi connectivity index (χ3v) is 6.87. The van der Waals surface area contributed by atoms with E-state index in [-0.39, 0.29) is 36.8 Å². The van der Waals surface area contributed by atoms with Crippen LogP contribution in [0.1, 0.15) is 54.9 Å². The second-order valence-corrected chi connectivity index (χ2v) is 10.5. The molecule has 1 aliphatic heterocycles. The van der Waals surface area contributed by atoms with Crippen molar-refractivity contribution in [2.45, 2.75) is 58.5 Å². The van der Waals surface area contributed by atoms with Crippen LogP contribution in [0.15, 0.2) is 47.0 Å². The van der Waals surface area contributed by atoms with Crippen molar-refractivity contribution in [1.82, 2.24) is 21.1 Å². The Hall–Kier alpha value is -4.35. The van der Waals surface area contributed by atoms with E-state index in [4.69, 9.17) is 9.63 Å². The third-order valence-electron chi connectivity index (χ3n) is 6.87. The Bertz CT molecular complexity index is 1290. The molecule has 4 atom stereocenters. The van der Waals surface area contributed by atoms with E-state index >= 15 is 0 Å². The molecule has 0 spiro atoms. The van der Waals surface area contributed by atoms with E-state index in [1.165, 1.54) is 36.4 Å². The minimum absolute atomic E-state index is 0.0190. The van der Waals surface area contributed by atoms with Crippen molar-refractivity contribution in [3.63, 3.8) is 0 Å². The maximum Gasteiger partial charge on any atom is 0.328 e. The molecule has 3 rings (SSSR count). The van der Waals surface area contributed by atoms with Crippen LogP contribution in [0, 0.1) is 30.5 Å². The van der Waals surface area contributed by atoms with Crippen molar-refractivity contribution >= 4 is 29.5 Å². The Balaban J connectivity index is 1.81. The molecule has 0 aliphatic carbocycles. The van der Waals surface area contributed by atoms with Crippen LogP contribution in [-0.2, 0) is 25.6 Å². The van der Waals surface area contributed by atoms with Gasteiger partial charge in [0.15, 0.2) is 11.5 Å². The Morgan fingerprint density at radius 3 is 2.46 bits per heavy atom. The standard InChI is InChI=1S/C29H35FN4O7/c1-16(2)26(33-29(40)23-12-17(3)41-34-23)24(35)15-20(13-18-4-6-21(30)7-5-18)28(39)32-22(8-9-25(36)37)14-19-10-11-31-27(19)38/h4-9,12,16,19-20,22,26H,10-11,13-15H2,1-3H3,(H,31,38)(H,32,39)(H,33,40)(H,36,37)/b9-8+/t19-,20?,22?,26?/m0/s1. The summed E-state index contributed by atoms with van der Waals surface area (Å²) in [5.74, 6) is -4.60. The first-order valence-corrected chi connectivity index (χ1v) is 13.4. The summed E-state index contributed by atoms with van der Waals surface area (Å²) in [7, 11) is 0. The number of amides is 3. The Morgan fingerprint density at radius 1 is 1.20 bits per heavy atom. The van der Waals surface area contributed by atoms with Crippen molar-refractivity contribution in [1.29, 1.82) is 0 Å². The number of rotatable bonds is 14. The van der Waals surface area contributed by atoms with Crippen LogP contribution in [0.3, 0.4) is 0 Å². The molecule has 1 aromatic heterocycles. The number of nitrogens with zero attached hydrogens (tertiary/aromatic N) is 1. The number of carboxylic acid groups (broad SMARTS) is 1. The summed E-state index contributed by atoms with van der Waals surface area (Å²) < 4.78 is 18.5. The number of carbonyl (C=O) groups excluding carboxylic acids is 4. The number of carboxylic acids is 1. The van der Waals surface area contributed by atoms with Crippen LogP contribution in [0.25, 0.3) is 0 Å². The first kappa shape index (κ1) is 31.2. The highest BCUT2D eigenvalue weighted by Crippen LogP contribution is 2.21. The molecule has 3 unspecified atom stereocenters. The number of Topliss-reactive ketones (excluding diaryl/α,β-unsaturated/α-hetero) is 1. The van der Waals surface area contributed by atoms with Gasteiger partial charge >= 0.3 is 5.97 Å². The lowest BCUT2D eigenvalue weighted by Gasteiger charge is -2.25. The smallest absolute Gasteiger partial charge is 0.328 e. The zero-order valence-corrected chi connectivity index (χ0v) is 23.2. The van der Waals surface area contributed by atoms with E-state index in [2.05, 4.69) is 21.1 Å². The van der Waals surface area contributed by atoms with Crippen LogP contribution in [0.2, 0.25) is 0 Å². The number of halogens is 1. The molecule has 0 bridgehead atoms. The van der Waals surface area contributed by atoms with Crippen LogP contribution < -0.4 is 16.0 Å². The van der Waals surface area contributed by atoms with E-state index in [1.54, 1.807) is 20.8 Å². The summed E-state index contributed by atoms with van der Waals surface area (Å²) >= 11 is 0. The molecular weight excluding hydrogens is 535 g/mol. The van der Waals surface area contributed by atoms with Gasteiger partial charge in [0, 0.05) is 43.0 Å². The first-order valence-electron chi connectivity index (χ1n) is 13.4. The Labute approximate surface area is 236 Å². The number of nitrogens with one attached hydrogen (secondary N) is 3. The third kappa shape index (κ3) is 9.37. The van der Waals surface area contributed by atoms with E-state index in [1.807, 2.05) is 0 Å². The Morgan fingerprint density at radius 2 is 1.90 bits per heavy atom.